The third-order valence-electron chi connectivity index (χ3n) is 5.58. The SMILES string of the molecule is C=C/C(=C\C=C/C)C1(c2ccccc2)N=C(N)N(CC(CC)c2ccccc2)C1=O. The molecule has 2 unspecified atom stereocenters. The number of hydrogen-bond donors (Lipinski definition) is 1. The standard InChI is InChI=1S/C26H29N3O/c1-4-7-16-22(6-3)26(23-17-12-9-13-18-23)24(30)29(25(27)28-26)19-20(5-2)21-14-10-8-11-15-21/h4,6-18,20H,3,5,19H2,1-2H3,(H2,27,28)/b7-4-,22-16+. The minimum atomic E-state index is -1.22. The summed E-state index contributed by atoms with van der Waals surface area (Å²) in [6, 6.07) is 19.8. The highest BCUT2D eigenvalue weighted by molar-refractivity contribution is 6.09. The van der Waals surface area contributed by atoms with Crippen LogP contribution in [0.1, 0.15) is 37.3 Å². The van der Waals surface area contributed by atoms with Crippen LogP contribution in [0, 0.1) is 0 Å². The molecule has 1 aliphatic heterocycles. The van der Waals surface area contributed by atoms with E-state index in [1.54, 1.807) is 11.0 Å². The average molecular weight is 400 g/mol. The Hall–Kier alpha value is -3.40. The van der Waals surface area contributed by atoms with E-state index in [0.717, 1.165) is 12.0 Å². The number of amides is 1. The fraction of sp³-hybridized carbons (Fsp3) is 0.231. The van der Waals surface area contributed by atoms with Crippen LogP contribution in [0.15, 0.2) is 102 Å². The molecule has 0 aliphatic carbocycles. The number of guanidine groups is 1. The molecule has 1 amide bonds. The molecule has 4 nitrogen and oxygen atoms in total. The van der Waals surface area contributed by atoms with Crippen molar-refractivity contribution in [1.29, 1.82) is 0 Å². The number of hydrogen-bond acceptors (Lipinski definition) is 3. The highest BCUT2D eigenvalue weighted by Gasteiger charge is 2.51. The molecule has 2 aromatic carbocycles. The van der Waals surface area contributed by atoms with Crippen LogP contribution in [0.2, 0.25) is 0 Å². The van der Waals surface area contributed by atoms with Crippen molar-refractivity contribution in [2.45, 2.75) is 31.7 Å². The molecule has 4 heteroatoms. The summed E-state index contributed by atoms with van der Waals surface area (Å²) in [5.74, 6) is 0.268. The summed E-state index contributed by atoms with van der Waals surface area (Å²) in [5, 5.41) is 0. The van der Waals surface area contributed by atoms with Gasteiger partial charge in [-0.15, -0.1) is 0 Å². The zero-order valence-electron chi connectivity index (χ0n) is 17.7. The first-order valence-corrected chi connectivity index (χ1v) is 10.3. The lowest BCUT2D eigenvalue weighted by Gasteiger charge is -2.29. The Morgan fingerprint density at radius 2 is 1.80 bits per heavy atom. The van der Waals surface area contributed by atoms with E-state index in [-0.39, 0.29) is 17.8 Å². The second-order valence-corrected chi connectivity index (χ2v) is 7.33. The summed E-state index contributed by atoms with van der Waals surface area (Å²) in [6.45, 7) is 8.49. The number of rotatable bonds is 8. The van der Waals surface area contributed by atoms with Crippen LogP contribution in [-0.2, 0) is 10.3 Å². The molecule has 0 bridgehead atoms. The van der Waals surface area contributed by atoms with E-state index < -0.39 is 5.54 Å². The number of nitrogens with two attached hydrogens (primary N) is 1. The van der Waals surface area contributed by atoms with Gasteiger partial charge in [0.05, 0.1) is 0 Å². The first-order chi connectivity index (χ1) is 14.6. The number of carbonyl (C=O) groups excluding carboxylic acids is 1. The van der Waals surface area contributed by atoms with Crippen molar-refractivity contribution in [2.24, 2.45) is 10.7 Å². The lowest BCUT2D eigenvalue weighted by atomic mass is 9.81. The van der Waals surface area contributed by atoms with Crippen LogP contribution < -0.4 is 5.73 Å². The zero-order chi connectivity index (χ0) is 21.6. The van der Waals surface area contributed by atoms with Gasteiger partial charge in [0, 0.05) is 12.5 Å². The van der Waals surface area contributed by atoms with Gasteiger partial charge in [0.1, 0.15) is 0 Å². The largest absolute Gasteiger partial charge is 0.369 e. The molecule has 0 spiro atoms. The molecule has 2 atom stereocenters. The Labute approximate surface area is 179 Å². The van der Waals surface area contributed by atoms with Crippen molar-refractivity contribution >= 4 is 11.9 Å². The molecule has 1 aliphatic rings. The average Bonchev–Trinajstić information content (AvgIpc) is 3.04. The summed E-state index contributed by atoms with van der Waals surface area (Å²) in [6.07, 6.45) is 8.27. The van der Waals surface area contributed by atoms with E-state index >= 15 is 0 Å². The lowest BCUT2D eigenvalue weighted by molar-refractivity contribution is -0.130. The van der Waals surface area contributed by atoms with E-state index in [1.165, 1.54) is 5.56 Å². The van der Waals surface area contributed by atoms with Gasteiger partial charge < -0.3 is 5.73 Å². The topological polar surface area (TPSA) is 58.7 Å². The molecule has 30 heavy (non-hydrogen) atoms. The van der Waals surface area contributed by atoms with Crippen molar-refractivity contribution in [3.05, 3.63) is 108 Å². The highest BCUT2D eigenvalue weighted by Crippen LogP contribution is 2.41. The molecule has 2 aromatic rings. The molecule has 3 rings (SSSR count). The Morgan fingerprint density at radius 1 is 1.17 bits per heavy atom. The number of benzene rings is 2. The molecule has 0 radical (unpaired) electrons. The highest BCUT2D eigenvalue weighted by atomic mass is 16.2. The first kappa shape index (κ1) is 21.3. The Kier molecular flexibility index (Phi) is 6.68. The van der Waals surface area contributed by atoms with Gasteiger partial charge in [0.25, 0.3) is 5.91 Å². The van der Waals surface area contributed by atoms with Crippen molar-refractivity contribution in [3.8, 4) is 0 Å². The van der Waals surface area contributed by atoms with Crippen LogP contribution in [0.4, 0.5) is 0 Å². The fourth-order valence-electron chi connectivity index (χ4n) is 3.93. The predicted molar refractivity (Wildman–Crippen MR) is 124 cm³/mol. The molecular formula is C26H29N3O. The van der Waals surface area contributed by atoms with Gasteiger partial charge in [-0.1, -0.05) is 98.5 Å². The van der Waals surface area contributed by atoms with Crippen molar-refractivity contribution in [3.63, 3.8) is 0 Å². The quantitative estimate of drug-likeness (QED) is 0.641. The minimum Gasteiger partial charge on any atom is -0.369 e. The number of aliphatic imine (C=N–C) groups is 1. The number of nitrogens with zero attached hydrogens (tertiary/aromatic N) is 2. The van der Waals surface area contributed by atoms with Crippen molar-refractivity contribution < 1.29 is 4.79 Å². The number of allylic oxidation sites excluding steroid dienone is 3. The maximum absolute atomic E-state index is 13.9. The summed E-state index contributed by atoms with van der Waals surface area (Å²) in [7, 11) is 0. The van der Waals surface area contributed by atoms with Gasteiger partial charge in [0.15, 0.2) is 11.5 Å². The van der Waals surface area contributed by atoms with Gasteiger partial charge in [0.2, 0.25) is 0 Å². The Bertz CT molecular complexity index is 976. The van der Waals surface area contributed by atoms with E-state index in [9.17, 15) is 4.79 Å². The monoisotopic (exact) mass is 399 g/mol. The maximum Gasteiger partial charge on any atom is 0.266 e. The van der Waals surface area contributed by atoms with Crippen LogP contribution in [0.5, 0.6) is 0 Å². The molecule has 0 fully saturated rings. The van der Waals surface area contributed by atoms with Gasteiger partial charge in [-0.25, -0.2) is 4.99 Å². The number of carbonyl (C=O) groups is 1. The van der Waals surface area contributed by atoms with E-state index in [0.29, 0.717) is 12.1 Å². The smallest absolute Gasteiger partial charge is 0.266 e. The van der Waals surface area contributed by atoms with Gasteiger partial charge >= 0.3 is 0 Å². The molecule has 2 N–H and O–H groups in total. The second-order valence-electron chi connectivity index (χ2n) is 7.33. The van der Waals surface area contributed by atoms with E-state index in [4.69, 9.17) is 10.7 Å². The Morgan fingerprint density at radius 3 is 2.37 bits per heavy atom. The molecule has 154 valence electrons. The minimum absolute atomic E-state index is 0.142. The summed E-state index contributed by atoms with van der Waals surface area (Å²) >= 11 is 0. The van der Waals surface area contributed by atoms with Crippen LogP contribution in [0.25, 0.3) is 0 Å². The maximum atomic E-state index is 13.9. The van der Waals surface area contributed by atoms with Crippen LogP contribution in [0.3, 0.4) is 0 Å². The summed E-state index contributed by atoms with van der Waals surface area (Å²) in [5.41, 5.74) is 7.81. The summed E-state index contributed by atoms with van der Waals surface area (Å²) in [4.78, 5) is 20.3. The van der Waals surface area contributed by atoms with Gasteiger partial charge in [-0.2, -0.15) is 0 Å². The third kappa shape index (κ3) is 3.86. The first-order valence-electron chi connectivity index (χ1n) is 10.3. The molecule has 0 saturated heterocycles. The molecule has 0 saturated carbocycles. The lowest BCUT2D eigenvalue weighted by Crippen LogP contribution is -2.45. The van der Waals surface area contributed by atoms with Gasteiger partial charge in [-0.3, -0.25) is 9.69 Å². The van der Waals surface area contributed by atoms with E-state index in [1.807, 2.05) is 73.7 Å². The van der Waals surface area contributed by atoms with Crippen molar-refractivity contribution in [1.82, 2.24) is 4.90 Å². The Balaban J connectivity index is 2.06. The molecule has 1 heterocycles. The normalized spacial score (nSPS) is 20.5. The molecule has 0 aromatic heterocycles. The van der Waals surface area contributed by atoms with Crippen LogP contribution in [-0.4, -0.2) is 23.3 Å². The third-order valence-corrected chi connectivity index (χ3v) is 5.58. The van der Waals surface area contributed by atoms with Gasteiger partial charge in [-0.05, 0) is 30.0 Å². The van der Waals surface area contributed by atoms with Crippen LogP contribution >= 0.6 is 0 Å². The predicted octanol–water partition coefficient (Wildman–Crippen LogP) is 4.92. The zero-order valence-corrected chi connectivity index (χ0v) is 17.7. The van der Waals surface area contributed by atoms with E-state index in [2.05, 4.69) is 25.6 Å². The summed E-state index contributed by atoms with van der Waals surface area (Å²) < 4.78 is 0. The second kappa shape index (κ2) is 9.40. The molecular weight excluding hydrogens is 370 g/mol. The fourth-order valence-corrected chi connectivity index (χ4v) is 3.93. The van der Waals surface area contributed by atoms with Crippen molar-refractivity contribution in [2.75, 3.05) is 6.54 Å².